The molecule has 0 bridgehead atoms. The van der Waals surface area contributed by atoms with Crippen molar-refractivity contribution in [3.05, 3.63) is 22.6 Å². The maximum Gasteiger partial charge on any atom is 0.289 e. The minimum absolute atomic E-state index is 0.0134. The molecule has 0 unspecified atom stereocenters. The van der Waals surface area contributed by atoms with Crippen LogP contribution in [-0.2, 0) is 0 Å². The number of furan rings is 1. The number of amides is 1. The van der Waals surface area contributed by atoms with Crippen molar-refractivity contribution in [3.8, 4) is 0 Å². The van der Waals surface area contributed by atoms with Gasteiger partial charge in [0.2, 0.25) is 0 Å². The lowest BCUT2D eigenvalue weighted by atomic mass is 9.82. The molecule has 1 saturated heterocycles. The standard InChI is InChI=1S/C13H18BrNO2/c1-3-13(4-2)7-8-15(9-13)12(16)10-5-6-11(14)17-10/h5-6H,3-4,7-9H2,1-2H3. The highest BCUT2D eigenvalue weighted by molar-refractivity contribution is 9.10. The maximum atomic E-state index is 12.2. The molecule has 1 fully saturated rings. The van der Waals surface area contributed by atoms with Gasteiger partial charge in [-0.25, -0.2) is 0 Å². The molecule has 0 saturated carbocycles. The summed E-state index contributed by atoms with van der Waals surface area (Å²) in [6.07, 6.45) is 3.37. The Balaban J connectivity index is 2.08. The average molecular weight is 300 g/mol. The number of halogens is 1. The van der Waals surface area contributed by atoms with Gasteiger partial charge in [0.15, 0.2) is 10.4 Å². The fourth-order valence-corrected chi connectivity index (χ4v) is 2.83. The molecule has 0 radical (unpaired) electrons. The van der Waals surface area contributed by atoms with E-state index in [-0.39, 0.29) is 5.91 Å². The molecule has 1 aliphatic heterocycles. The molecule has 2 rings (SSSR count). The van der Waals surface area contributed by atoms with Gasteiger partial charge in [-0.2, -0.15) is 0 Å². The van der Waals surface area contributed by atoms with Crippen LogP contribution in [0, 0.1) is 5.41 Å². The van der Waals surface area contributed by atoms with E-state index in [9.17, 15) is 4.79 Å². The molecule has 1 aliphatic rings. The molecule has 0 aromatic carbocycles. The molecule has 94 valence electrons. The maximum absolute atomic E-state index is 12.2. The lowest BCUT2D eigenvalue weighted by Gasteiger charge is -2.25. The number of hydrogen-bond donors (Lipinski definition) is 0. The molecule has 0 N–H and O–H groups in total. The Morgan fingerprint density at radius 3 is 2.65 bits per heavy atom. The van der Waals surface area contributed by atoms with Crippen LogP contribution < -0.4 is 0 Å². The zero-order chi connectivity index (χ0) is 12.5. The Bertz CT molecular complexity index is 409. The van der Waals surface area contributed by atoms with Crippen molar-refractivity contribution in [2.45, 2.75) is 33.1 Å². The smallest absolute Gasteiger partial charge is 0.289 e. The van der Waals surface area contributed by atoms with Gasteiger partial charge in [-0.15, -0.1) is 0 Å². The predicted molar refractivity (Wildman–Crippen MR) is 69.9 cm³/mol. The third-order valence-electron chi connectivity index (χ3n) is 4.01. The van der Waals surface area contributed by atoms with Gasteiger partial charge in [-0.05, 0) is 52.7 Å². The summed E-state index contributed by atoms with van der Waals surface area (Å²) in [6, 6.07) is 3.49. The summed E-state index contributed by atoms with van der Waals surface area (Å²) in [5.74, 6) is 0.444. The highest BCUT2D eigenvalue weighted by Crippen LogP contribution is 2.37. The van der Waals surface area contributed by atoms with Crippen LogP contribution in [0.1, 0.15) is 43.7 Å². The van der Waals surface area contributed by atoms with E-state index in [0.717, 1.165) is 32.4 Å². The minimum atomic E-state index is 0.0134. The van der Waals surface area contributed by atoms with Crippen LogP contribution in [0.15, 0.2) is 21.2 Å². The summed E-state index contributed by atoms with van der Waals surface area (Å²) in [5.41, 5.74) is 0.319. The topological polar surface area (TPSA) is 33.5 Å². The van der Waals surface area contributed by atoms with Gasteiger partial charge in [0, 0.05) is 13.1 Å². The van der Waals surface area contributed by atoms with Gasteiger partial charge in [0.1, 0.15) is 0 Å². The van der Waals surface area contributed by atoms with E-state index >= 15 is 0 Å². The number of rotatable bonds is 3. The molecule has 17 heavy (non-hydrogen) atoms. The van der Waals surface area contributed by atoms with E-state index in [1.807, 2.05) is 4.90 Å². The van der Waals surface area contributed by atoms with Crippen LogP contribution >= 0.6 is 15.9 Å². The fraction of sp³-hybridized carbons (Fsp3) is 0.615. The molecule has 1 amide bonds. The van der Waals surface area contributed by atoms with E-state index in [4.69, 9.17) is 4.42 Å². The number of nitrogens with zero attached hydrogens (tertiary/aromatic N) is 1. The van der Waals surface area contributed by atoms with Crippen LogP contribution in [0.5, 0.6) is 0 Å². The fourth-order valence-electron chi connectivity index (χ4n) is 2.52. The second-order valence-corrected chi connectivity index (χ2v) is 5.57. The molecule has 1 aromatic heterocycles. The van der Waals surface area contributed by atoms with Crippen molar-refractivity contribution in [2.24, 2.45) is 5.41 Å². The van der Waals surface area contributed by atoms with E-state index in [2.05, 4.69) is 29.8 Å². The first-order valence-corrected chi connectivity index (χ1v) is 6.94. The number of carbonyl (C=O) groups excluding carboxylic acids is 1. The number of carbonyl (C=O) groups is 1. The van der Waals surface area contributed by atoms with Crippen LogP contribution in [0.4, 0.5) is 0 Å². The molecular formula is C13H18BrNO2. The summed E-state index contributed by atoms with van der Waals surface area (Å²) in [5, 5.41) is 0. The van der Waals surface area contributed by atoms with Gasteiger partial charge in [0.05, 0.1) is 0 Å². The molecular weight excluding hydrogens is 282 g/mol. The minimum Gasteiger partial charge on any atom is -0.444 e. The molecule has 0 atom stereocenters. The van der Waals surface area contributed by atoms with Gasteiger partial charge < -0.3 is 9.32 Å². The number of hydrogen-bond acceptors (Lipinski definition) is 2. The predicted octanol–water partition coefficient (Wildman–Crippen LogP) is 3.69. The second-order valence-electron chi connectivity index (χ2n) is 4.79. The molecule has 0 spiro atoms. The summed E-state index contributed by atoms with van der Waals surface area (Å²) in [4.78, 5) is 14.1. The van der Waals surface area contributed by atoms with E-state index in [0.29, 0.717) is 15.8 Å². The SMILES string of the molecule is CCC1(CC)CCN(C(=O)c2ccc(Br)o2)C1. The summed E-state index contributed by atoms with van der Waals surface area (Å²) in [6.45, 7) is 6.12. The highest BCUT2D eigenvalue weighted by atomic mass is 79.9. The van der Waals surface area contributed by atoms with Gasteiger partial charge >= 0.3 is 0 Å². The second kappa shape index (κ2) is 4.84. The normalized spacial score (nSPS) is 18.6. The average Bonchev–Trinajstić information content (AvgIpc) is 2.95. The van der Waals surface area contributed by atoms with Crippen LogP contribution in [0.2, 0.25) is 0 Å². The third-order valence-corrected chi connectivity index (χ3v) is 4.44. The largest absolute Gasteiger partial charge is 0.444 e. The molecule has 4 heteroatoms. The van der Waals surface area contributed by atoms with E-state index in [1.54, 1.807) is 12.1 Å². The van der Waals surface area contributed by atoms with E-state index < -0.39 is 0 Å². The van der Waals surface area contributed by atoms with Crippen molar-refractivity contribution >= 4 is 21.8 Å². The van der Waals surface area contributed by atoms with Crippen molar-refractivity contribution in [1.29, 1.82) is 0 Å². The van der Waals surface area contributed by atoms with Crippen molar-refractivity contribution in [2.75, 3.05) is 13.1 Å². The van der Waals surface area contributed by atoms with Crippen molar-refractivity contribution in [1.82, 2.24) is 4.90 Å². The lowest BCUT2D eigenvalue weighted by Crippen LogP contribution is -2.31. The van der Waals surface area contributed by atoms with Crippen LogP contribution in [0.25, 0.3) is 0 Å². The van der Waals surface area contributed by atoms with Gasteiger partial charge in [-0.1, -0.05) is 13.8 Å². The Labute approximate surface area is 110 Å². The molecule has 1 aromatic rings. The first-order valence-electron chi connectivity index (χ1n) is 6.15. The monoisotopic (exact) mass is 299 g/mol. The zero-order valence-electron chi connectivity index (χ0n) is 10.3. The summed E-state index contributed by atoms with van der Waals surface area (Å²) < 4.78 is 5.93. The Morgan fingerprint density at radius 2 is 2.18 bits per heavy atom. The molecule has 3 nitrogen and oxygen atoms in total. The molecule has 0 aliphatic carbocycles. The van der Waals surface area contributed by atoms with Crippen molar-refractivity contribution in [3.63, 3.8) is 0 Å². The quantitative estimate of drug-likeness (QED) is 0.853. The third kappa shape index (κ3) is 2.41. The Kier molecular flexibility index (Phi) is 3.61. The first-order chi connectivity index (χ1) is 8.10. The molecule has 2 heterocycles. The lowest BCUT2D eigenvalue weighted by molar-refractivity contribution is 0.0737. The van der Waals surface area contributed by atoms with E-state index in [1.165, 1.54) is 0 Å². The van der Waals surface area contributed by atoms with Crippen molar-refractivity contribution < 1.29 is 9.21 Å². The zero-order valence-corrected chi connectivity index (χ0v) is 11.9. The van der Waals surface area contributed by atoms with Crippen LogP contribution in [0.3, 0.4) is 0 Å². The Hall–Kier alpha value is -0.770. The summed E-state index contributed by atoms with van der Waals surface area (Å²) in [7, 11) is 0. The Morgan fingerprint density at radius 1 is 1.47 bits per heavy atom. The number of likely N-dealkylation sites (tertiary alicyclic amines) is 1. The van der Waals surface area contributed by atoms with Gasteiger partial charge in [0.25, 0.3) is 5.91 Å². The highest BCUT2D eigenvalue weighted by Gasteiger charge is 2.37. The van der Waals surface area contributed by atoms with Gasteiger partial charge in [-0.3, -0.25) is 4.79 Å². The summed E-state index contributed by atoms with van der Waals surface area (Å²) >= 11 is 3.22. The first kappa shape index (κ1) is 12.7. The van der Waals surface area contributed by atoms with Crippen LogP contribution in [-0.4, -0.2) is 23.9 Å².